The van der Waals surface area contributed by atoms with Crippen molar-refractivity contribution in [1.82, 2.24) is 4.90 Å². The summed E-state index contributed by atoms with van der Waals surface area (Å²) in [5, 5.41) is 0.263. The highest BCUT2D eigenvalue weighted by atomic mass is 35.5. The van der Waals surface area contributed by atoms with E-state index in [1.165, 1.54) is 23.1 Å². The predicted molar refractivity (Wildman–Crippen MR) is 61.0 cm³/mol. The van der Waals surface area contributed by atoms with Gasteiger partial charge in [0.1, 0.15) is 5.82 Å². The largest absolute Gasteiger partial charge is 0.336 e. The van der Waals surface area contributed by atoms with Crippen LogP contribution in [0.3, 0.4) is 0 Å². The van der Waals surface area contributed by atoms with Crippen LogP contribution in [-0.2, 0) is 11.3 Å². The number of amides is 1. The Kier molecular flexibility index (Phi) is 3.62. The number of carbonyl (C=O) groups is 1. The van der Waals surface area contributed by atoms with Gasteiger partial charge in [-0.1, -0.05) is 17.7 Å². The molecular weight excluding hydrogens is 248 g/mol. The molecule has 1 aromatic rings. The predicted octanol–water partition coefficient (Wildman–Crippen LogP) is 2.94. The van der Waals surface area contributed by atoms with Crippen molar-refractivity contribution in [3.63, 3.8) is 0 Å². The molecule has 0 saturated carbocycles. The molecule has 2 rings (SSSR count). The molecule has 1 atom stereocenters. The Balaban J connectivity index is 2.12. The van der Waals surface area contributed by atoms with Crippen molar-refractivity contribution >= 4 is 17.5 Å². The van der Waals surface area contributed by atoms with Crippen LogP contribution in [-0.4, -0.2) is 23.5 Å². The van der Waals surface area contributed by atoms with Crippen LogP contribution in [0.15, 0.2) is 18.2 Å². The molecule has 0 aromatic heterocycles. The fourth-order valence-corrected chi connectivity index (χ4v) is 2.13. The minimum absolute atomic E-state index is 0.234. The summed E-state index contributed by atoms with van der Waals surface area (Å²) < 4.78 is 26.1. The van der Waals surface area contributed by atoms with Crippen LogP contribution in [0.25, 0.3) is 0 Å². The Morgan fingerprint density at radius 3 is 2.94 bits per heavy atom. The molecule has 2 nitrogen and oxygen atoms in total. The lowest BCUT2D eigenvalue weighted by molar-refractivity contribution is -0.140. The molecule has 1 fully saturated rings. The second-order valence-corrected chi connectivity index (χ2v) is 4.51. The Hall–Kier alpha value is -1.16. The van der Waals surface area contributed by atoms with Gasteiger partial charge in [0, 0.05) is 18.1 Å². The molecule has 0 spiro atoms. The molecule has 5 heteroatoms. The third-order valence-corrected chi connectivity index (χ3v) is 3.19. The smallest absolute Gasteiger partial charge is 0.257 e. The fraction of sp³-hybridized carbons (Fsp3) is 0.417. The molecular formula is C12H12ClF2NO. The highest BCUT2D eigenvalue weighted by molar-refractivity contribution is 6.31. The summed E-state index contributed by atoms with van der Waals surface area (Å²) in [4.78, 5) is 13.0. The lowest BCUT2D eigenvalue weighted by Gasteiger charge is -2.29. The van der Waals surface area contributed by atoms with Crippen LogP contribution in [0.2, 0.25) is 5.02 Å². The lowest BCUT2D eigenvalue weighted by Crippen LogP contribution is -2.41. The van der Waals surface area contributed by atoms with E-state index in [4.69, 9.17) is 11.6 Å². The summed E-state index contributed by atoms with van der Waals surface area (Å²) in [7, 11) is 0. The highest BCUT2D eigenvalue weighted by Crippen LogP contribution is 2.22. The molecule has 1 amide bonds. The van der Waals surface area contributed by atoms with E-state index >= 15 is 0 Å². The van der Waals surface area contributed by atoms with Crippen molar-refractivity contribution in [3.05, 3.63) is 34.6 Å². The van der Waals surface area contributed by atoms with Crippen molar-refractivity contribution in [1.29, 1.82) is 0 Å². The summed E-state index contributed by atoms with van der Waals surface area (Å²) in [6, 6.07) is 3.99. The fourth-order valence-electron chi connectivity index (χ4n) is 1.91. The Morgan fingerprint density at radius 2 is 2.24 bits per heavy atom. The molecule has 17 heavy (non-hydrogen) atoms. The maximum atomic E-state index is 13.2. The molecule has 1 aromatic carbocycles. The number of likely N-dealkylation sites (tertiary alicyclic amines) is 1. The number of piperidine rings is 1. The van der Waals surface area contributed by atoms with E-state index in [0.29, 0.717) is 18.5 Å². The van der Waals surface area contributed by atoms with Crippen LogP contribution >= 0.6 is 11.6 Å². The van der Waals surface area contributed by atoms with Gasteiger partial charge in [0.05, 0.1) is 0 Å². The average Bonchev–Trinajstić information content (AvgIpc) is 2.28. The minimum atomic E-state index is -1.41. The Labute approximate surface area is 103 Å². The van der Waals surface area contributed by atoms with E-state index in [1.54, 1.807) is 0 Å². The first-order valence-electron chi connectivity index (χ1n) is 5.44. The van der Waals surface area contributed by atoms with Crippen molar-refractivity contribution in [2.45, 2.75) is 25.6 Å². The van der Waals surface area contributed by atoms with Gasteiger partial charge in [0.15, 0.2) is 6.17 Å². The number of nitrogens with zero attached hydrogens (tertiary/aromatic N) is 1. The van der Waals surface area contributed by atoms with Gasteiger partial charge in [-0.3, -0.25) is 4.79 Å². The topological polar surface area (TPSA) is 20.3 Å². The molecule has 0 N–H and O–H groups in total. The number of rotatable bonds is 2. The zero-order valence-electron chi connectivity index (χ0n) is 9.13. The third kappa shape index (κ3) is 2.75. The molecule has 0 aliphatic carbocycles. The second-order valence-electron chi connectivity index (χ2n) is 4.11. The second kappa shape index (κ2) is 5.00. The van der Waals surface area contributed by atoms with Gasteiger partial charge < -0.3 is 4.90 Å². The van der Waals surface area contributed by atoms with Gasteiger partial charge in [0.25, 0.3) is 5.91 Å². The number of alkyl halides is 1. The molecule has 1 aliphatic rings. The normalized spacial score (nSPS) is 20.8. The van der Waals surface area contributed by atoms with Crippen LogP contribution in [0.4, 0.5) is 8.78 Å². The first-order valence-corrected chi connectivity index (χ1v) is 5.82. The number of hydrogen-bond acceptors (Lipinski definition) is 1. The first-order chi connectivity index (χ1) is 8.08. The zero-order chi connectivity index (χ0) is 12.4. The van der Waals surface area contributed by atoms with Gasteiger partial charge in [-0.05, 0) is 30.5 Å². The number of hydrogen-bond donors (Lipinski definition) is 0. The summed E-state index contributed by atoms with van der Waals surface area (Å²) in [5.74, 6) is -0.927. The van der Waals surface area contributed by atoms with Crippen LogP contribution in [0.1, 0.15) is 18.4 Å². The van der Waals surface area contributed by atoms with E-state index in [1.807, 2.05) is 0 Å². The zero-order valence-corrected chi connectivity index (χ0v) is 9.88. The van der Waals surface area contributed by atoms with E-state index in [0.717, 1.165) is 0 Å². The summed E-state index contributed by atoms with van der Waals surface area (Å²) in [5.41, 5.74) is 0.635. The van der Waals surface area contributed by atoms with Gasteiger partial charge in [-0.2, -0.15) is 0 Å². The minimum Gasteiger partial charge on any atom is -0.336 e. The molecule has 1 saturated heterocycles. The molecule has 92 valence electrons. The summed E-state index contributed by atoms with van der Waals surface area (Å²) >= 11 is 5.86. The van der Waals surface area contributed by atoms with E-state index in [9.17, 15) is 13.6 Å². The molecule has 0 bridgehead atoms. The number of halogens is 3. The van der Waals surface area contributed by atoms with Crippen LogP contribution in [0.5, 0.6) is 0 Å². The van der Waals surface area contributed by atoms with Crippen molar-refractivity contribution < 1.29 is 13.6 Å². The van der Waals surface area contributed by atoms with Crippen molar-refractivity contribution in [3.8, 4) is 0 Å². The quantitative estimate of drug-likeness (QED) is 0.800. The average molecular weight is 260 g/mol. The molecule has 1 aliphatic heterocycles. The van der Waals surface area contributed by atoms with Gasteiger partial charge >= 0.3 is 0 Å². The van der Waals surface area contributed by atoms with Gasteiger partial charge in [0.2, 0.25) is 0 Å². The molecule has 0 radical (unpaired) electrons. The number of carbonyl (C=O) groups excluding carboxylic acids is 1. The third-order valence-electron chi connectivity index (χ3n) is 2.84. The van der Waals surface area contributed by atoms with E-state index < -0.39 is 17.9 Å². The Morgan fingerprint density at radius 1 is 1.47 bits per heavy atom. The van der Waals surface area contributed by atoms with Gasteiger partial charge in [-0.25, -0.2) is 8.78 Å². The highest BCUT2D eigenvalue weighted by Gasteiger charge is 2.28. The maximum absolute atomic E-state index is 13.2. The lowest BCUT2D eigenvalue weighted by atomic mass is 10.1. The number of benzene rings is 1. The summed E-state index contributed by atoms with van der Waals surface area (Å²) in [6.07, 6.45) is -0.485. The summed E-state index contributed by atoms with van der Waals surface area (Å²) in [6.45, 7) is 0.755. The SMILES string of the molecule is O=C1C(F)CCCN1Cc1ccc(F)cc1Cl. The van der Waals surface area contributed by atoms with Crippen molar-refractivity contribution in [2.75, 3.05) is 6.54 Å². The standard InChI is InChI=1S/C12H12ClF2NO/c13-10-6-9(14)4-3-8(10)7-16-5-1-2-11(15)12(16)17/h3-4,6,11H,1-2,5,7H2. The maximum Gasteiger partial charge on any atom is 0.257 e. The van der Waals surface area contributed by atoms with Crippen LogP contribution < -0.4 is 0 Å². The Bertz CT molecular complexity index is 439. The first kappa shape index (κ1) is 12.3. The van der Waals surface area contributed by atoms with Gasteiger partial charge in [-0.15, -0.1) is 0 Å². The van der Waals surface area contributed by atoms with E-state index in [-0.39, 0.29) is 18.0 Å². The van der Waals surface area contributed by atoms with E-state index in [2.05, 4.69) is 0 Å². The molecule has 1 unspecified atom stereocenters. The van der Waals surface area contributed by atoms with Crippen molar-refractivity contribution in [2.24, 2.45) is 0 Å². The molecule has 1 heterocycles. The monoisotopic (exact) mass is 259 g/mol. The van der Waals surface area contributed by atoms with Crippen LogP contribution in [0, 0.1) is 5.82 Å².